The lowest BCUT2D eigenvalue weighted by atomic mass is 10.1. The second-order valence-corrected chi connectivity index (χ2v) is 8.48. The number of hydrogen-bond donors (Lipinski definition) is 0. The molecule has 0 bridgehead atoms. The van der Waals surface area contributed by atoms with Gasteiger partial charge in [0.25, 0.3) is 0 Å². The Morgan fingerprint density at radius 3 is 2.64 bits per heavy atom. The Kier molecular flexibility index (Phi) is 4.88. The first-order chi connectivity index (χ1) is 13.4. The van der Waals surface area contributed by atoms with Gasteiger partial charge in [0.05, 0.1) is 11.9 Å². The van der Waals surface area contributed by atoms with E-state index < -0.39 is 5.60 Å². The number of hydrogen-bond acceptors (Lipinski definition) is 3. The average Bonchev–Trinajstić information content (AvgIpc) is 3.19. The molecule has 0 N–H and O–H groups in total. The van der Waals surface area contributed by atoms with E-state index >= 15 is 0 Å². The summed E-state index contributed by atoms with van der Waals surface area (Å²) >= 11 is 0. The van der Waals surface area contributed by atoms with Crippen LogP contribution in [0, 0.1) is 0 Å². The highest BCUT2D eigenvalue weighted by Gasteiger charge is 2.28. The lowest BCUT2D eigenvalue weighted by Crippen LogP contribution is -2.25. The number of carbonyl (C=O) groups is 1. The molecule has 1 atom stereocenters. The van der Waals surface area contributed by atoms with Gasteiger partial charge in [-0.05, 0) is 57.4 Å². The van der Waals surface area contributed by atoms with Crippen LogP contribution < -0.4 is 4.74 Å². The summed E-state index contributed by atoms with van der Waals surface area (Å²) in [5, 5.41) is 1.19. The van der Waals surface area contributed by atoms with Crippen LogP contribution in [-0.4, -0.2) is 16.1 Å². The van der Waals surface area contributed by atoms with E-state index in [4.69, 9.17) is 9.47 Å². The number of ether oxygens (including phenoxy) is 2. The molecule has 0 saturated carbocycles. The van der Waals surface area contributed by atoms with Crippen LogP contribution in [0.2, 0.25) is 0 Å². The molecule has 2 aromatic carbocycles. The van der Waals surface area contributed by atoms with E-state index in [-0.39, 0.29) is 12.0 Å². The van der Waals surface area contributed by atoms with Gasteiger partial charge in [0.2, 0.25) is 0 Å². The van der Waals surface area contributed by atoms with Gasteiger partial charge in [-0.1, -0.05) is 30.3 Å². The summed E-state index contributed by atoms with van der Waals surface area (Å²) in [6.45, 7) is 6.27. The zero-order valence-electron chi connectivity index (χ0n) is 16.8. The molecule has 0 saturated heterocycles. The van der Waals surface area contributed by atoms with Gasteiger partial charge in [-0.25, -0.2) is 0 Å². The van der Waals surface area contributed by atoms with Gasteiger partial charge in [-0.15, -0.1) is 0 Å². The van der Waals surface area contributed by atoms with Crippen LogP contribution in [0.3, 0.4) is 0 Å². The van der Waals surface area contributed by atoms with Crippen molar-refractivity contribution in [2.24, 2.45) is 0 Å². The molecule has 0 amide bonds. The quantitative estimate of drug-likeness (QED) is 0.556. The monoisotopic (exact) mass is 377 g/mol. The molecule has 0 fully saturated rings. The number of esters is 1. The fourth-order valence-corrected chi connectivity index (χ4v) is 3.92. The summed E-state index contributed by atoms with van der Waals surface area (Å²) < 4.78 is 13.8. The average molecular weight is 377 g/mol. The minimum absolute atomic E-state index is 0.135. The van der Waals surface area contributed by atoms with Crippen molar-refractivity contribution >= 4 is 16.9 Å². The van der Waals surface area contributed by atoms with Crippen LogP contribution in [0.15, 0.2) is 54.6 Å². The van der Waals surface area contributed by atoms with Gasteiger partial charge in [0, 0.05) is 23.2 Å². The summed E-state index contributed by atoms with van der Waals surface area (Å²) in [7, 11) is 0. The molecule has 4 nitrogen and oxygen atoms in total. The predicted octanol–water partition coefficient (Wildman–Crippen LogP) is 5.44. The van der Waals surface area contributed by atoms with E-state index in [0.717, 1.165) is 29.7 Å². The minimum Gasteiger partial charge on any atom is -0.489 e. The van der Waals surface area contributed by atoms with Gasteiger partial charge in [0.1, 0.15) is 18.0 Å². The smallest absolute Gasteiger partial charge is 0.308 e. The number of carbonyl (C=O) groups excluding carboxylic acids is 1. The molecule has 28 heavy (non-hydrogen) atoms. The third-order valence-corrected chi connectivity index (χ3v) is 5.06. The SMILES string of the molecule is CC(C)(C)OC(=O)CC1CCc2cc3ccc(OCc4ccccc4)cc3n21. The van der Waals surface area contributed by atoms with E-state index in [1.807, 2.05) is 45.0 Å². The van der Waals surface area contributed by atoms with Crippen LogP contribution in [0.5, 0.6) is 5.75 Å². The van der Waals surface area contributed by atoms with Crippen molar-refractivity contribution in [1.82, 2.24) is 4.57 Å². The Labute approximate surface area is 166 Å². The van der Waals surface area contributed by atoms with E-state index in [0.29, 0.717) is 13.0 Å². The van der Waals surface area contributed by atoms with E-state index in [2.05, 4.69) is 34.9 Å². The standard InChI is InChI=1S/C24H27NO3/c1-24(2,3)28-23(26)14-20-11-10-19-13-18-9-12-21(15-22(18)25(19)20)27-16-17-7-5-4-6-8-17/h4-9,12-13,15,20H,10-11,14,16H2,1-3H3. The first-order valence-corrected chi connectivity index (χ1v) is 9.91. The molecular weight excluding hydrogens is 350 g/mol. The molecule has 0 aliphatic carbocycles. The van der Waals surface area contributed by atoms with Gasteiger partial charge >= 0.3 is 5.97 Å². The van der Waals surface area contributed by atoms with Crippen LogP contribution in [0.1, 0.15) is 50.9 Å². The number of aromatic nitrogens is 1. The Bertz CT molecular complexity index is 982. The van der Waals surface area contributed by atoms with Crippen molar-refractivity contribution in [2.45, 2.75) is 58.3 Å². The number of nitrogens with zero attached hydrogens (tertiary/aromatic N) is 1. The first kappa shape index (κ1) is 18.6. The third-order valence-electron chi connectivity index (χ3n) is 5.06. The Morgan fingerprint density at radius 2 is 1.89 bits per heavy atom. The van der Waals surface area contributed by atoms with Crippen LogP contribution in [0.25, 0.3) is 10.9 Å². The topological polar surface area (TPSA) is 40.5 Å². The molecule has 4 rings (SSSR count). The molecule has 146 valence electrons. The normalized spacial score (nSPS) is 16.2. The molecule has 4 heteroatoms. The first-order valence-electron chi connectivity index (χ1n) is 9.91. The maximum atomic E-state index is 12.3. The number of aryl methyl sites for hydroxylation is 1. The largest absolute Gasteiger partial charge is 0.489 e. The van der Waals surface area contributed by atoms with Crippen molar-refractivity contribution < 1.29 is 14.3 Å². The van der Waals surface area contributed by atoms with E-state index in [1.54, 1.807) is 0 Å². The van der Waals surface area contributed by atoms with Crippen molar-refractivity contribution in [2.75, 3.05) is 0 Å². The van der Waals surface area contributed by atoms with Crippen molar-refractivity contribution in [1.29, 1.82) is 0 Å². The summed E-state index contributed by atoms with van der Waals surface area (Å²) in [6.07, 6.45) is 2.37. The Morgan fingerprint density at radius 1 is 1.11 bits per heavy atom. The molecule has 0 radical (unpaired) electrons. The second-order valence-electron chi connectivity index (χ2n) is 8.48. The van der Waals surface area contributed by atoms with Gasteiger partial charge < -0.3 is 14.0 Å². The minimum atomic E-state index is -0.449. The van der Waals surface area contributed by atoms with Crippen molar-refractivity contribution in [3.05, 3.63) is 65.9 Å². The lowest BCUT2D eigenvalue weighted by molar-refractivity contribution is -0.155. The summed E-state index contributed by atoms with van der Waals surface area (Å²) in [6, 6.07) is 18.7. The molecule has 1 unspecified atom stereocenters. The zero-order chi connectivity index (χ0) is 19.7. The fraction of sp³-hybridized carbons (Fsp3) is 0.375. The summed E-state index contributed by atoms with van der Waals surface area (Å²) in [5.74, 6) is 0.712. The Hall–Kier alpha value is -2.75. The van der Waals surface area contributed by atoms with Crippen LogP contribution in [0.4, 0.5) is 0 Å². The number of benzene rings is 2. The predicted molar refractivity (Wildman–Crippen MR) is 111 cm³/mol. The lowest BCUT2D eigenvalue weighted by Gasteiger charge is -2.22. The summed E-state index contributed by atoms with van der Waals surface area (Å²) in [4.78, 5) is 12.3. The maximum Gasteiger partial charge on any atom is 0.308 e. The van der Waals surface area contributed by atoms with Gasteiger partial charge in [-0.3, -0.25) is 4.79 Å². The molecule has 1 aliphatic rings. The number of fused-ring (bicyclic) bond motifs is 3. The highest BCUT2D eigenvalue weighted by molar-refractivity contribution is 5.83. The molecular formula is C24H27NO3. The molecule has 2 heterocycles. The zero-order valence-corrected chi connectivity index (χ0v) is 16.8. The van der Waals surface area contributed by atoms with E-state index in [9.17, 15) is 4.79 Å². The van der Waals surface area contributed by atoms with Crippen molar-refractivity contribution in [3.8, 4) is 5.75 Å². The maximum absolute atomic E-state index is 12.3. The van der Waals surface area contributed by atoms with Gasteiger partial charge in [0.15, 0.2) is 0 Å². The van der Waals surface area contributed by atoms with Gasteiger partial charge in [-0.2, -0.15) is 0 Å². The molecule has 0 spiro atoms. The van der Waals surface area contributed by atoms with E-state index in [1.165, 1.54) is 11.1 Å². The summed E-state index contributed by atoms with van der Waals surface area (Å²) in [5.41, 5.74) is 3.11. The molecule has 3 aromatic rings. The third kappa shape index (κ3) is 4.06. The fourth-order valence-electron chi connectivity index (χ4n) is 3.92. The van der Waals surface area contributed by atoms with Crippen LogP contribution >= 0.6 is 0 Å². The number of rotatable bonds is 5. The van der Waals surface area contributed by atoms with Crippen molar-refractivity contribution in [3.63, 3.8) is 0 Å². The Balaban J connectivity index is 1.54. The highest BCUT2D eigenvalue weighted by atomic mass is 16.6. The highest BCUT2D eigenvalue weighted by Crippen LogP contribution is 2.37. The molecule has 1 aliphatic heterocycles. The molecule has 1 aromatic heterocycles. The second kappa shape index (κ2) is 7.34. The van der Waals surface area contributed by atoms with Crippen LogP contribution in [-0.2, 0) is 22.6 Å².